The van der Waals surface area contributed by atoms with E-state index in [-0.39, 0.29) is 0 Å². The third kappa shape index (κ3) is 3.20. The molecule has 0 radical (unpaired) electrons. The van der Waals surface area contributed by atoms with Crippen LogP contribution in [0.3, 0.4) is 0 Å². The Hall–Kier alpha value is -1.36. The highest BCUT2D eigenvalue weighted by molar-refractivity contribution is 5.58. The number of rotatable bonds is 5. The van der Waals surface area contributed by atoms with Crippen molar-refractivity contribution < 1.29 is 0 Å². The Morgan fingerprint density at radius 1 is 1.30 bits per heavy atom. The third-order valence-corrected chi connectivity index (χ3v) is 4.19. The summed E-state index contributed by atoms with van der Waals surface area (Å²) in [6, 6.07) is 0.584. The molecule has 0 aromatic carbocycles. The van der Waals surface area contributed by atoms with E-state index >= 15 is 0 Å². The molecule has 0 saturated carbocycles. The first-order valence-corrected chi connectivity index (χ1v) is 7.66. The molecule has 20 heavy (non-hydrogen) atoms. The number of piperidine rings is 1. The Kier molecular flexibility index (Phi) is 5.17. The van der Waals surface area contributed by atoms with Gasteiger partial charge in [-0.2, -0.15) is 0 Å². The van der Waals surface area contributed by atoms with Gasteiger partial charge in [0, 0.05) is 25.2 Å². The van der Waals surface area contributed by atoms with Crippen LogP contribution in [0.2, 0.25) is 0 Å². The van der Waals surface area contributed by atoms with Crippen LogP contribution >= 0.6 is 0 Å². The summed E-state index contributed by atoms with van der Waals surface area (Å²) in [5, 5.41) is 3.35. The average molecular weight is 277 g/mol. The summed E-state index contributed by atoms with van der Waals surface area (Å²) in [5.41, 5.74) is 1.23. The first-order valence-electron chi connectivity index (χ1n) is 7.66. The molecule has 1 saturated heterocycles. The molecule has 0 amide bonds. The fraction of sp³-hybridized carbons (Fsp3) is 0.733. The van der Waals surface area contributed by atoms with Crippen LogP contribution in [0.5, 0.6) is 0 Å². The first-order chi connectivity index (χ1) is 9.67. The zero-order valence-electron chi connectivity index (χ0n) is 13.2. The maximum Gasteiger partial charge on any atom is 0.137 e. The summed E-state index contributed by atoms with van der Waals surface area (Å²) >= 11 is 0. The van der Waals surface area contributed by atoms with Gasteiger partial charge in [0.15, 0.2) is 0 Å². The van der Waals surface area contributed by atoms with E-state index in [4.69, 9.17) is 0 Å². The van der Waals surface area contributed by atoms with E-state index in [0.717, 1.165) is 24.6 Å². The normalized spacial score (nSPS) is 17.2. The van der Waals surface area contributed by atoms with Crippen molar-refractivity contribution in [1.29, 1.82) is 0 Å². The van der Waals surface area contributed by atoms with Crippen molar-refractivity contribution in [1.82, 2.24) is 14.9 Å². The molecule has 0 aliphatic carbocycles. The van der Waals surface area contributed by atoms with Gasteiger partial charge in [0.2, 0.25) is 0 Å². The predicted molar refractivity (Wildman–Crippen MR) is 84.5 cm³/mol. The molecule has 112 valence electrons. The highest BCUT2D eigenvalue weighted by atomic mass is 15.2. The topological polar surface area (TPSA) is 44.3 Å². The zero-order valence-corrected chi connectivity index (χ0v) is 13.2. The third-order valence-electron chi connectivity index (χ3n) is 4.19. The second-order valence-corrected chi connectivity index (χ2v) is 5.55. The Morgan fingerprint density at radius 2 is 2.00 bits per heavy atom. The van der Waals surface area contributed by atoms with E-state index in [2.05, 4.69) is 53.0 Å². The lowest BCUT2D eigenvalue weighted by Gasteiger charge is -2.36. The lowest BCUT2D eigenvalue weighted by molar-refractivity contribution is 0.252. The second-order valence-electron chi connectivity index (χ2n) is 5.55. The number of hydrogen-bond acceptors (Lipinski definition) is 5. The van der Waals surface area contributed by atoms with Gasteiger partial charge in [-0.25, -0.2) is 9.97 Å². The number of aromatic nitrogens is 2. The minimum Gasteiger partial charge on any atom is -0.370 e. The first kappa shape index (κ1) is 15.0. The Bertz CT molecular complexity index is 426. The number of anilines is 2. The van der Waals surface area contributed by atoms with Crippen molar-refractivity contribution >= 4 is 11.6 Å². The number of nitrogens with zero attached hydrogens (tertiary/aromatic N) is 4. The molecule has 5 heteroatoms. The molecule has 2 heterocycles. The van der Waals surface area contributed by atoms with Crippen LogP contribution in [0.15, 0.2) is 6.33 Å². The van der Waals surface area contributed by atoms with Crippen LogP contribution in [0, 0.1) is 0 Å². The van der Waals surface area contributed by atoms with Crippen LogP contribution < -0.4 is 10.2 Å². The van der Waals surface area contributed by atoms with Gasteiger partial charge in [0.05, 0.1) is 0 Å². The van der Waals surface area contributed by atoms with Gasteiger partial charge in [-0.3, -0.25) is 0 Å². The quantitative estimate of drug-likeness (QED) is 0.892. The molecule has 0 atom stereocenters. The van der Waals surface area contributed by atoms with Gasteiger partial charge in [0.1, 0.15) is 18.0 Å². The molecule has 5 nitrogen and oxygen atoms in total. The maximum atomic E-state index is 4.55. The van der Waals surface area contributed by atoms with Crippen LogP contribution in [-0.4, -0.2) is 54.6 Å². The van der Waals surface area contributed by atoms with Crippen LogP contribution in [-0.2, 0) is 6.42 Å². The summed E-state index contributed by atoms with van der Waals surface area (Å²) in [6.45, 7) is 7.50. The summed E-state index contributed by atoms with van der Waals surface area (Å²) in [7, 11) is 4.37. The van der Waals surface area contributed by atoms with Crippen LogP contribution in [0.25, 0.3) is 0 Å². The standard InChI is InChI=1S/C15H27N5/c1-5-13-14(16-6-2)17-11-18-15(13)20(4)12-7-9-19(3)10-8-12/h11-12H,5-10H2,1-4H3,(H,16,17,18). The SMILES string of the molecule is CCNc1ncnc(N(C)C2CCN(C)CC2)c1CC. The minimum absolute atomic E-state index is 0.584. The van der Waals surface area contributed by atoms with Crippen molar-refractivity contribution in [3.05, 3.63) is 11.9 Å². The van der Waals surface area contributed by atoms with E-state index in [1.54, 1.807) is 6.33 Å². The molecule has 1 N–H and O–H groups in total. The monoisotopic (exact) mass is 277 g/mol. The van der Waals surface area contributed by atoms with E-state index < -0.39 is 0 Å². The number of hydrogen-bond donors (Lipinski definition) is 1. The van der Waals surface area contributed by atoms with Crippen LogP contribution in [0.4, 0.5) is 11.6 Å². The van der Waals surface area contributed by atoms with Gasteiger partial charge in [-0.1, -0.05) is 6.92 Å². The molecular formula is C15H27N5. The van der Waals surface area contributed by atoms with Crippen molar-refractivity contribution in [3.8, 4) is 0 Å². The lowest BCUT2D eigenvalue weighted by Crippen LogP contribution is -2.42. The summed E-state index contributed by atoms with van der Waals surface area (Å²) in [5.74, 6) is 2.08. The van der Waals surface area contributed by atoms with Crippen molar-refractivity contribution in [2.75, 3.05) is 43.9 Å². The van der Waals surface area contributed by atoms with E-state index in [1.807, 2.05) is 0 Å². The Morgan fingerprint density at radius 3 is 2.60 bits per heavy atom. The van der Waals surface area contributed by atoms with Crippen molar-refractivity contribution in [3.63, 3.8) is 0 Å². The van der Waals surface area contributed by atoms with Crippen molar-refractivity contribution in [2.45, 2.75) is 39.2 Å². The molecule has 1 aromatic rings. The number of nitrogens with one attached hydrogen (secondary N) is 1. The van der Waals surface area contributed by atoms with Crippen molar-refractivity contribution in [2.24, 2.45) is 0 Å². The molecule has 0 unspecified atom stereocenters. The minimum atomic E-state index is 0.584. The Labute approximate surface area is 122 Å². The molecule has 1 fully saturated rings. The van der Waals surface area contributed by atoms with Gasteiger partial charge in [-0.15, -0.1) is 0 Å². The predicted octanol–water partition coefficient (Wildman–Crippen LogP) is 2.00. The molecule has 1 aliphatic rings. The lowest BCUT2D eigenvalue weighted by atomic mass is 10.0. The second kappa shape index (κ2) is 6.88. The largest absolute Gasteiger partial charge is 0.370 e. The summed E-state index contributed by atoms with van der Waals surface area (Å²) in [6.07, 6.45) is 5.04. The van der Waals surface area contributed by atoms with E-state index in [9.17, 15) is 0 Å². The van der Waals surface area contributed by atoms with Gasteiger partial charge >= 0.3 is 0 Å². The van der Waals surface area contributed by atoms with Gasteiger partial charge in [0.25, 0.3) is 0 Å². The van der Waals surface area contributed by atoms with Gasteiger partial charge < -0.3 is 15.1 Å². The summed E-state index contributed by atoms with van der Waals surface area (Å²) < 4.78 is 0. The molecular weight excluding hydrogens is 250 g/mol. The van der Waals surface area contributed by atoms with E-state index in [0.29, 0.717) is 6.04 Å². The fourth-order valence-electron chi connectivity index (χ4n) is 2.91. The summed E-state index contributed by atoms with van der Waals surface area (Å²) in [4.78, 5) is 13.7. The smallest absolute Gasteiger partial charge is 0.137 e. The molecule has 0 bridgehead atoms. The zero-order chi connectivity index (χ0) is 14.5. The maximum absolute atomic E-state index is 4.55. The molecule has 0 spiro atoms. The van der Waals surface area contributed by atoms with Gasteiger partial charge in [-0.05, 0) is 46.3 Å². The average Bonchev–Trinajstić information content (AvgIpc) is 2.47. The molecule has 1 aliphatic heterocycles. The van der Waals surface area contributed by atoms with E-state index in [1.165, 1.54) is 31.5 Å². The Balaban J connectivity index is 2.20. The fourth-order valence-corrected chi connectivity index (χ4v) is 2.91. The highest BCUT2D eigenvalue weighted by Gasteiger charge is 2.23. The molecule has 1 aromatic heterocycles. The van der Waals surface area contributed by atoms with Crippen LogP contribution in [0.1, 0.15) is 32.3 Å². The highest BCUT2D eigenvalue weighted by Crippen LogP contribution is 2.27. The molecule has 2 rings (SSSR count). The number of likely N-dealkylation sites (tertiary alicyclic amines) is 1.